The standard InChI is InChI=1S/C19H14N2O4/c1-10-20-16-8-12(3-5-14(16)18(22)24-10)7-13-4-6-15-17(9-13)21-11(2)25-19(15)23/h3-6,8-9H,7H2,1-2H3. The lowest BCUT2D eigenvalue weighted by molar-refractivity contribution is 0.466. The van der Waals surface area contributed by atoms with E-state index in [1.807, 2.05) is 24.3 Å². The molecule has 0 amide bonds. The maximum Gasteiger partial charge on any atom is 0.346 e. The summed E-state index contributed by atoms with van der Waals surface area (Å²) in [5.41, 5.74) is 2.47. The first-order valence-electron chi connectivity index (χ1n) is 7.80. The van der Waals surface area contributed by atoms with Crippen LogP contribution in [0.1, 0.15) is 22.9 Å². The highest BCUT2D eigenvalue weighted by molar-refractivity contribution is 5.79. The van der Waals surface area contributed by atoms with Crippen LogP contribution in [0.3, 0.4) is 0 Å². The monoisotopic (exact) mass is 334 g/mol. The van der Waals surface area contributed by atoms with Crippen molar-refractivity contribution in [3.05, 3.63) is 80.1 Å². The van der Waals surface area contributed by atoms with Crippen LogP contribution in [0.25, 0.3) is 21.8 Å². The first-order chi connectivity index (χ1) is 12.0. The van der Waals surface area contributed by atoms with Gasteiger partial charge in [-0.25, -0.2) is 19.6 Å². The number of rotatable bonds is 2. The fourth-order valence-electron chi connectivity index (χ4n) is 2.90. The van der Waals surface area contributed by atoms with Crippen molar-refractivity contribution >= 4 is 21.8 Å². The van der Waals surface area contributed by atoms with Crippen molar-refractivity contribution < 1.29 is 8.83 Å². The Balaban J connectivity index is 1.77. The highest BCUT2D eigenvalue weighted by Gasteiger charge is 2.08. The summed E-state index contributed by atoms with van der Waals surface area (Å²) in [5.74, 6) is 0.679. The maximum atomic E-state index is 11.8. The predicted molar refractivity (Wildman–Crippen MR) is 92.8 cm³/mol. The molecule has 0 spiro atoms. The van der Waals surface area contributed by atoms with Gasteiger partial charge >= 0.3 is 11.3 Å². The van der Waals surface area contributed by atoms with Crippen LogP contribution in [0.5, 0.6) is 0 Å². The zero-order valence-electron chi connectivity index (χ0n) is 13.7. The molecule has 0 N–H and O–H groups in total. The fourth-order valence-corrected chi connectivity index (χ4v) is 2.90. The van der Waals surface area contributed by atoms with Crippen molar-refractivity contribution in [1.29, 1.82) is 0 Å². The van der Waals surface area contributed by atoms with Crippen molar-refractivity contribution in [3.63, 3.8) is 0 Å². The molecule has 4 aromatic rings. The summed E-state index contributed by atoms with van der Waals surface area (Å²) < 4.78 is 10.0. The molecule has 0 atom stereocenters. The van der Waals surface area contributed by atoms with Crippen molar-refractivity contribution in [2.75, 3.05) is 0 Å². The minimum absolute atomic E-state index is 0.340. The lowest BCUT2D eigenvalue weighted by Gasteiger charge is -2.05. The third-order valence-corrected chi connectivity index (χ3v) is 4.01. The SMILES string of the molecule is Cc1nc2cc(Cc3ccc4c(=O)oc(C)nc4c3)ccc2c(=O)o1. The first kappa shape index (κ1) is 15.3. The topological polar surface area (TPSA) is 86.2 Å². The minimum atomic E-state index is -0.383. The normalized spacial score (nSPS) is 11.3. The van der Waals surface area contributed by atoms with Crippen LogP contribution in [0.4, 0.5) is 0 Å². The van der Waals surface area contributed by atoms with E-state index in [2.05, 4.69) is 9.97 Å². The van der Waals surface area contributed by atoms with E-state index in [4.69, 9.17) is 8.83 Å². The van der Waals surface area contributed by atoms with Gasteiger partial charge in [-0.3, -0.25) is 0 Å². The number of benzene rings is 2. The summed E-state index contributed by atoms with van der Waals surface area (Å²) in [6.45, 7) is 3.30. The van der Waals surface area contributed by atoms with Crippen LogP contribution < -0.4 is 11.3 Å². The Morgan fingerprint density at radius 3 is 1.64 bits per heavy atom. The largest absolute Gasteiger partial charge is 0.408 e. The molecule has 0 saturated carbocycles. The lowest BCUT2D eigenvalue weighted by atomic mass is 10.0. The molecule has 0 radical (unpaired) electrons. The van der Waals surface area contributed by atoms with Gasteiger partial charge in [-0.2, -0.15) is 0 Å². The number of nitrogens with zero attached hydrogens (tertiary/aromatic N) is 2. The molecular formula is C19H14N2O4. The summed E-state index contributed by atoms with van der Waals surface area (Å²) in [4.78, 5) is 32.2. The molecule has 4 rings (SSSR count). The van der Waals surface area contributed by atoms with E-state index in [0.29, 0.717) is 40.0 Å². The van der Waals surface area contributed by atoms with Crippen molar-refractivity contribution in [2.45, 2.75) is 20.3 Å². The van der Waals surface area contributed by atoms with Crippen LogP contribution in [0.15, 0.2) is 54.8 Å². The molecule has 0 aliphatic carbocycles. The number of hydrogen-bond acceptors (Lipinski definition) is 6. The Kier molecular flexibility index (Phi) is 3.46. The second kappa shape index (κ2) is 5.66. The average Bonchev–Trinajstić information content (AvgIpc) is 2.53. The van der Waals surface area contributed by atoms with Crippen molar-refractivity contribution in [2.24, 2.45) is 0 Å². The minimum Gasteiger partial charge on any atom is -0.408 e. The molecule has 6 nitrogen and oxygen atoms in total. The molecule has 25 heavy (non-hydrogen) atoms. The van der Waals surface area contributed by atoms with Gasteiger partial charge in [0.05, 0.1) is 21.8 Å². The number of aryl methyl sites for hydroxylation is 2. The highest BCUT2D eigenvalue weighted by Crippen LogP contribution is 2.18. The van der Waals surface area contributed by atoms with E-state index in [0.717, 1.165) is 11.1 Å². The summed E-state index contributed by atoms with van der Waals surface area (Å²) in [6, 6.07) is 10.9. The Hall–Kier alpha value is -3.28. The zero-order chi connectivity index (χ0) is 17.6. The zero-order valence-corrected chi connectivity index (χ0v) is 13.7. The van der Waals surface area contributed by atoms with Crippen molar-refractivity contribution in [1.82, 2.24) is 9.97 Å². The van der Waals surface area contributed by atoms with Crippen LogP contribution in [-0.4, -0.2) is 9.97 Å². The second-order valence-corrected chi connectivity index (χ2v) is 5.92. The average molecular weight is 334 g/mol. The molecule has 2 aromatic heterocycles. The Morgan fingerprint density at radius 1 is 0.760 bits per heavy atom. The quantitative estimate of drug-likeness (QED) is 0.560. The van der Waals surface area contributed by atoms with Crippen LogP contribution in [0.2, 0.25) is 0 Å². The Bertz CT molecular complexity index is 1140. The molecule has 2 aromatic carbocycles. The Morgan fingerprint density at radius 2 is 1.20 bits per heavy atom. The lowest BCUT2D eigenvalue weighted by Crippen LogP contribution is -2.04. The van der Waals surface area contributed by atoms with Crippen LogP contribution in [0, 0.1) is 13.8 Å². The maximum absolute atomic E-state index is 11.8. The third kappa shape index (κ3) is 2.82. The molecule has 0 saturated heterocycles. The molecule has 0 aliphatic heterocycles. The number of aromatic nitrogens is 2. The molecule has 0 unspecified atom stereocenters. The van der Waals surface area contributed by atoms with E-state index < -0.39 is 0 Å². The van der Waals surface area contributed by atoms with Crippen LogP contribution >= 0.6 is 0 Å². The summed E-state index contributed by atoms with van der Waals surface area (Å²) in [6.07, 6.45) is 0.633. The molecule has 6 heteroatoms. The smallest absolute Gasteiger partial charge is 0.346 e. The molecule has 124 valence electrons. The van der Waals surface area contributed by atoms with E-state index in [-0.39, 0.29) is 11.3 Å². The molecule has 0 aliphatic rings. The van der Waals surface area contributed by atoms with Gasteiger partial charge in [-0.05, 0) is 41.8 Å². The van der Waals surface area contributed by atoms with Gasteiger partial charge in [-0.1, -0.05) is 12.1 Å². The highest BCUT2D eigenvalue weighted by atomic mass is 16.4. The Labute approximate surface area is 141 Å². The van der Waals surface area contributed by atoms with Crippen LogP contribution in [-0.2, 0) is 6.42 Å². The van der Waals surface area contributed by atoms with Gasteiger partial charge < -0.3 is 8.83 Å². The summed E-state index contributed by atoms with van der Waals surface area (Å²) in [5, 5.41) is 0.922. The van der Waals surface area contributed by atoms with Gasteiger partial charge in [0, 0.05) is 13.8 Å². The van der Waals surface area contributed by atoms with Gasteiger partial charge in [0.15, 0.2) is 11.8 Å². The fraction of sp³-hybridized carbons (Fsp3) is 0.158. The molecular weight excluding hydrogens is 320 g/mol. The molecule has 0 fully saturated rings. The van der Waals surface area contributed by atoms with E-state index in [1.54, 1.807) is 26.0 Å². The summed E-state index contributed by atoms with van der Waals surface area (Å²) in [7, 11) is 0. The molecule has 0 bridgehead atoms. The van der Waals surface area contributed by atoms with Gasteiger partial charge in [0.1, 0.15) is 0 Å². The summed E-state index contributed by atoms with van der Waals surface area (Å²) >= 11 is 0. The second-order valence-electron chi connectivity index (χ2n) is 5.92. The predicted octanol–water partition coefficient (Wildman–Crippen LogP) is 2.90. The van der Waals surface area contributed by atoms with E-state index in [9.17, 15) is 9.59 Å². The molecule has 2 heterocycles. The van der Waals surface area contributed by atoms with E-state index in [1.165, 1.54) is 0 Å². The number of fused-ring (bicyclic) bond motifs is 2. The van der Waals surface area contributed by atoms with Gasteiger partial charge in [0.25, 0.3) is 0 Å². The van der Waals surface area contributed by atoms with E-state index >= 15 is 0 Å². The third-order valence-electron chi connectivity index (χ3n) is 4.01. The van der Waals surface area contributed by atoms with Gasteiger partial charge in [0.2, 0.25) is 0 Å². The first-order valence-corrected chi connectivity index (χ1v) is 7.80. The van der Waals surface area contributed by atoms with Gasteiger partial charge in [-0.15, -0.1) is 0 Å². The number of hydrogen-bond donors (Lipinski definition) is 0. The van der Waals surface area contributed by atoms with Crippen molar-refractivity contribution in [3.8, 4) is 0 Å².